The summed E-state index contributed by atoms with van der Waals surface area (Å²) in [7, 11) is 3.27. The van der Waals surface area contributed by atoms with Crippen LogP contribution in [0.3, 0.4) is 0 Å². The third kappa shape index (κ3) is 2.82. The molecule has 0 amide bonds. The van der Waals surface area contributed by atoms with Crippen LogP contribution in [-0.4, -0.2) is 23.8 Å². The van der Waals surface area contributed by atoms with Gasteiger partial charge in [0, 0.05) is 24.6 Å². The van der Waals surface area contributed by atoms with Gasteiger partial charge in [0.25, 0.3) is 0 Å². The van der Waals surface area contributed by atoms with Gasteiger partial charge in [0.05, 0.1) is 14.2 Å². The molecule has 2 rings (SSSR count). The van der Waals surface area contributed by atoms with Crippen LogP contribution in [0.15, 0.2) is 18.2 Å². The van der Waals surface area contributed by atoms with Gasteiger partial charge >= 0.3 is 0 Å². The molecule has 1 aromatic heterocycles. The molecule has 2 aromatic rings. The summed E-state index contributed by atoms with van der Waals surface area (Å²) in [5, 5.41) is 0. The lowest BCUT2D eigenvalue weighted by atomic mass is 10.1. The highest BCUT2D eigenvalue weighted by Crippen LogP contribution is 2.36. The van der Waals surface area contributed by atoms with Gasteiger partial charge in [-0.05, 0) is 25.5 Å². The second-order valence-electron chi connectivity index (χ2n) is 4.82. The molecule has 0 fully saturated rings. The molecule has 21 heavy (non-hydrogen) atoms. The molecule has 0 atom stereocenters. The van der Waals surface area contributed by atoms with Crippen molar-refractivity contribution >= 4 is 5.82 Å². The molecule has 5 nitrogen and oxygen atoms in total. The summed E-state index contributed by atoms with van der Waals surface area (Å²) in [6, 6.07) is 5.67. The average molecular weight is 289 g/mol. The second-order valence-corrected chi connectivity index (χ2v) is 4.82. The number of imidazole rings is 1. The third-order valence-electron chi connectivity index (χ3n) is 3.54. The zero-order chi connectivity index (χ0) is 15.4. The van der Waals surface area contributed by atoms with Gasteiger partial charge in [0.1, 0.15) is 28.8 Å². The van der Waals surface area contributed by atoms with Crippen molar-refractivity contribution in [3.63, 3.8) is 0 Å². The number of nitrogens with two attached hydrogens (primary N) is 1. The molecule has 0 aliphatic heterocycles. The first-order chi connectivity index (χ1) is 10.2. The van der Waals surface area contributed by atoms with Gasteiger partial charge in [0.15, 0.2) is 0 Å². The lowest BCUT2D eigenvalue weighted by Crippen LogP contribution is -2.05. The topological polar surface area (TPSA) is 62.3 Å². The Labute approximate surface area is 125 Å². The number of anilines is 1. The van der Waals surface area contributed by atoms with Crippen LogP contribution in [0.4, 0.5) is 5.82 Å². The predicted molar refractivity (Wildman–Crippen MR) is 84.8 cm³/mol. The van der Waals surface area contributed by atoms with E-state index in [4.69, 9.17) is 20.2 Å². The largest absolute Gasteiger partial charge is 0.497 e. The molecule has 0 aliphatic rings. The van der Waals surface area contributed by atoms with Crippen molar-refractivity contribution < 1.29 is 9.47 Å². The molecule has 0 radical (unpaired) electrons. The van der Waals surface area contributed by atoms with Gasteiger partial charge in [-0.3, -0.25) is 0 Å². The molecule has 0 spiro atoms. The Bertz CT molecular complexity index is 620. The first-order valence-corrected chi connectivity index (χ1v) is 7.23. The van der Waals surface area contributed by atoms with Gasteiger partial charge in [-0.15, -0.1) is 0 Å². The van der Waals surface area contributed by atoms with Crippen molar-refractivity contribution in [3.05, 3.63) is 24.0 Å². The molecule has 0 saturated heterocycles. The fraction of sp³-hybridized carbons (Fsp3) is 0.438. The molecular weight excluding hydrogens is 266 g/mol. The van der Waals surface area contributed by atoms with E-state index in [9.17, 15) is 0 Å². The zero-order valence-corrected chi connectivity index (χ0v) is 13.1. The lowest BCUT2D eigenvalue weighted by Gasteiger charge is -2.09. The van der Waals surface area contributed by atoms with Crippen molar-refractivity contribution in [2.45, 2.75) is 33.2 Å². The molecular formula is C16H23N3O2. The quantitative estimate of drug-likeness (QED) is 0.887. The van der Waals surface area contributed by atoms with E-state index in [1.807, 2.05) is 18.2 Å². The Hall–Kier alpha value is -2.17. The summed E-state index contributed by atoms with van der Waals surface area (Å²) in [6.07, 6.45) is 1.95. The predicted octanol–water partition coefficient (Wildman–Crippen LogP) is 3.12. The molecule has 0 aliphatic carbocycles. The Morgan fingerprint density at radius 3 is 2.52 bits per heavy atom. The van der Waals surface area contributed by atoms with Gasteiger partial charge in [-0.1, -0.05) is 6.92 Å². The number of aryl methyl sites for hydroxylation is 1. The average Bonchev–Trinajstić information content (AvgIpc) is 2.82. The highest BCUT2D eigenvalue weighted by molar-refractivity contribution is 5.77. The maximum Gasteiger partial charge on any atom is 0.132 e. The SMILES string of the molecule is CCCc1nc(-c2ccc(OC)cc2OC)c(N)n1CC. The Morgan fingerprint density at radius 1 is 1.19 bits per heavy atom. The Kier molecular flexibility index (Phi) is 4.73. The number of rotatable bonds is 6. The maximum atomic E-state index is 6.28. The number of methoxy groups -OCH3 is 2. The number of nitrogen functional groups attached to an aromatic ring is 1. The fourth-order valence-corrected chi connectivity index (χ4v) is 2.47. The minimum atomic E-state index is 0.685. The summed E-state index contributed by atoms with van der Waals surface area (Å²) in [5.41, 5.74) is 7.95. The van der Waals surface area contributed by atoms with E-state index in [1.165, 1.54) is 0 Å². The Balaban J connectivity index is 2.56. The zero-order valence-electron chi connectivity index (χ0n) is 13.1. The number of hydrogen-bond acceptors (Lipinski definition) is 4. The number of nitrogens with zero attached hydrogens (tertiary/aromatic N) is 2. The molecule has 114 valence electrons. The smallest absolute Gasteiger partial charge is 0.132 e. The summed E-state index contributed by atoms with van der Waals surface area (Å²) in [5.74, 6) is 3.16. The van der Waals surface area contributed by atoms with Crippen LogP contribution in [0.25, 0.3) is 11.3 Å². The normalized spacial score (nSPS) is 10.7. The summed E-state index contributed by atoms with van der Waals surface area (Å²) < 4.78 is 12.7. The number of ether oxygens (including phenoxy) is 2. The van der Waals surface area contributed by atoms with Gasteiger partial charge in [0.2, 0.25) is 0 Å². The molecule has 5 heteroatoms. The van der Waals surface area contributed by atoms with Crippen LogP contribution in [0, 0.1) is 0 Å². The van der Waals surface area contributed by atoms with Crippen molar-refractivity contribution in [2.24, 2.45) is 0 Å². The van der Waals surface area contributed by atoms with Gasteiger partial charge in [-0.25, -0.2) is 4.98 Å². The monoisotopic (exact) mass is 289 g/mol. The van der Waals surface area contributed by atoms with E-state index in [1.54, 1.807) is 14.2 Å². The molecule has 0 saturated carbocycles. The van der Waals surface area contributed by atoms with E-state index in [0.717, 1.165) is 42.2 Å². The Morgan fingerprint density at radius 2 is 1.95 bits per heavy atom. The number of hydrogen-bond donors (Lipinski definition) is 1. The standard InChI is InChI=1S/C16H23N3O2/c1-5-7-14-18-15(16(17)19(14)6-2)12-9-8-11(20-3)10-13(12)21-4/h8-10H,5-7,17H2,1-4H3. The van der Waals surface area contributed by atoms with Crippen LogP contribution in [0.1, 0.15) is 26.1 Å². The molecule has 1 aromatic carbocycles. The summed E-state index contributed by atoms with van der Waals surface area (Å²) >= 11 is 0. The minimum Gasteiger partial charge on any atom is -0.497 e. The van der Waals surface area contributed by atoms with Crippen LogP contribution in [0.2, 0.25) is 0 Å². The summed E-state index contributed by atoms with van der Waals surface area (Å²) in [6.45, 7) is 5.03. The first kappa shape index (κ1) is 15.2. The van der Waals surface area contributed by atoms with Crippen LogP contribution < -0.4 is 15.2 Å². The molecule has 0 unspecified atom stereocenters. The highest BCUT2D eigenvalue weighted by atomic mass is 16.5. The van der Waals surface area contributed by atoms with Gasteiger partial charge in [-0.2, -0.15) is 0 Å². The van der Waals surface area contributed by atoms with E-state index in [0.29, 0.717) is 11.6 Å². The van der Waals surface area contributed by atoms with Crippen molar-refractivity contribution in [1.82, 2.24) is 9.55 Å². The van der Waals surface area contributed by atoms with Crippen molar-refractivity contribution in [3.8, 4) is 22.8 Å². The van der Waals surface area contributed by atoms with E-state index in [-0.39, 0.29) is 0 Å². The summed E-state index contributed by atoms with van der Waals surface area (Å²) in [4.78, 5) is 4.72. The fourth-order valence-electron chi connectivity index (χ4n) is 2.47. The van der Waals surface area contributed by atoms with Crippen molar-refractivity contribution in [2.75, 3.05) is 20.0 Å². The minimum absolute atomic E-state index is 0.685. The van der Waals surface area contributed by atoms with Crippen molar-refractivity contribution in [1.29, 1.82) is 0 Å². The second kappa shape index (κ2) is 6.52. The van der Waals surface area contributed by atoms with E-state index in [2.05, 4.69) is 18.4 Å². The van der Waals surface area contributed by atoms with Crippen LogP contribution >= 0.6 is 0 Å². The number of aromatic nitrogens is 2. The van der Waals surface area contributed by atoms with E-state index >= 15 is 0 Å². The molecule has 1 heterocycles. The maximum absolute atomic E-state index is 6.28. The van der Waals surface area contributed by atoms with Gasteiger partial charge < -0.3 is 19.8 Å². The van der Waals surface area contributed by atoms with Crippen LogP contribution in [-0.2, 0) is 13.0 Å². The molecule has 2 N–H and O–H groups in total. The van der Waals surface area contributed by atoms with Crippen LogP contribution in [0.5, 0.6) is 11.5 Å². The van der Waals surface area contributed by atoms with E-state index < -0.39 is 0 Å². The number of benzene rings is 1. The first-order valence-electron chi connectivity index (χ1n) is 7.23. The highest BCUT2D eigenvalue weighted by Gasteiger charge is 2.18. The third-order valence-corrected chi connectivity index (χ3v) is 3.54. The molecule has 0 bridgehead atoms. The lowest BCUT2D eigenvalue weighted by molar-refractivity contribution is 0.395.